The molecule has 3 rings (SSSR count). The predicted octanol–water partition coefficient (Wildman–Crippen LogP) is 4.34. The van der Waals surface area contributed by atoms with Crippen molar-refractivity contribution in [3.8, 4) is 5.75 Å². The van der Waals surface area contributed by atoms with Gasteiger partial charge in [-0.15, -0.1) is 0 Å². The molecule has 1 amide bonds. The van der Waals surface area contributed by atoms with Crippen molar-refractivity contribution >= 4 is 27.3 Å². The summed E-state index contributed by atoms with van der Waals surface area (Å²) in [6.07, 6.45) is 0. The van der Waals surface area contributed by atoms with Crippen LogP contribution in [0.2, 0.25) is 0 Å². The number of amides is 1. The molecular weight excluding hydrogens is 407 g/mol. The van der Waals surface area contributed by atoms with Gasteiger partial charge in [0.05, 0.1) is 21.7 Å². The Bertz CT molecular complexity index is 1080. The molecule has 0 unspecified atom stereocenters. The van der Waals surface area contributed by atoms with Crippen LogP contribution < -0.4 is 14.4 Å². The minimum absolute atomic E-state index is 0.0871. The van der Waals surface area contributed by atoms with Gasteiger partial charge in [-0.05, 0) is 62.6 Å². The molecule has 0 bridgehead atoms. The molecule has 1 heterocycles. The third-order valence-electron chi connectivity index (χ3n) is 4.90. The summed E-state index contributed by atoms with van der Waals surface area (Å²) in [6.45, 7) is 9.95. The lowest BCUT2D eigenvalue weighted by atomic mass is 9.92. The molecule has 0 fully saturated rings. The number of benzene rings is 2. The first-order valence-electron chi connectivity index (χ1n) is 9.78. The third-order valence-corrected chi connectivity index (χ3v) is 6.43. The predicted molar refractivity (Wildman–Crippen MR) is 115 cm³/mol. The molecule has 0 saturated carbocycles. The lowest BCUT2D eigenvalue weighted by molar-refractivity contribution is -0.127. The summed E-state index contributed by atoms with van der Waals surface area (Å²) in [4.78, 5) is 14.6. The van der Waals surface area contributed by atoms with E-state index in [-0.39, 0.29) is 29.0 Å². The maximum absolute atomic E-state index is 13.6. The Morgan fingerprint density at radius 3 is 2.57 bits per heavy atom. The summed E-state index contributed by atoms with van der Waals surface area (Å²) in [5.74, 6) is -0.00590. The highest BCUT2D eigenvalue weighted by molar-refractivity contribution is 7.92. The molecule has 1 N–H and O–H groups in total. The molecule has 0 spiro atoms. The van der Waals surface area contributed by atoms with Crippen LogP contribution in [-0.4, -0.2) is 27.5 Å². The monoisotopic (exact) mass is 434 g/mol. The smallest absolute Gasteiger partial charge is 0.262 e. The zero-order valence-electron chi connectivity index (χ0n) is 17.8. The van der Waals surface area contributed by atoms with Gasteiger partial charge in [0.15, 0.2) is 0 Å². The molecule has 1 aliphatic rings. The Morgan fingerprint density at radius 1 is 1.20 bits per heavy atom. The largest absolute Gasteiger partial charge is 0.490 e. The van der Waals surface area contributed by atoms with Crippen LogP contribution >= 0.6 is 0 Å². The summed E-state index contributed by atoms with van der Waals surface area (Å²) in [5, 5.41) is 0. The van der Waals surface area contributed by atoms with Crippen LogP contribution in [0.4, 0.5) is 15.8 Å². The molecule has 30 heavy (non-hydrogen) atoms. The van der Waals surface area contributed by atoms with E-state index >= 15 is 0 Å². The topological polar surface area (TPSA) is 75.7 Å². The molecule has 162 valence electrons. The molecule has 2 aromatic rings. The molecule has 2 aromatic carbocycles. The lowest BCUT2D eigenvalue weighted by Crippen LogP contribution is -2.43. The molecule has 6 nitrogen and oxygen atoms in total. The van der Waals surface area contributed by atoms with Gasteiger partial charge in [-0.2, -0.15) is 0 Å². The SMILES string of the molecule is Cc1ccc(F)cc1S(=O)(=O)Nc1ccc2c(c1)N(CC(C)C)C(=O)C(C)(C)CO2. The number of anilines is 2. The van der Waals surface area contributed by atoms with Crippen LogP contribution in [0.25, 0.3) is 0 Å². The van der Waals surface area contributed by atoms with Gasteiger partial charge in [0.25, 0.3) is 10.0 Å². The highest BCUT2D eigenvalue weighted by Gasteiger charge is 2.38. The van der Waals surface area contributed by atoms with Crippen molar-refractivity contribution in [1.29, 1.82) is 0 Å². The van der Waals surface area contributed by atoms with Crippen molar-refractivity contribution in [2.75, 3.05) is 22.8 Å². The van der Waals surface area contributed by atoms with Gasteiger partial charge >= 0.3 is 0 Å². The first kappa shape index (κ1) is 22.1. The zero-order valence-corrected chi connectivity index (χ0v) is 18.6. The van der Waals surface area contributed by atoms with Crippen molar-refractivity contribution in [3.63, 3.8) is 0 Å². The van der Waals surface area contributed by atoms with Gasteiger partial charge in [-0.25, -0.2) is 12.8 Å². The van der Waals surface area contributed by atoms with Crippen LogP contribution in [0.15, 0.2) is 41.3 Å². The summed E-state index contributed by atoms with van der Waals surface area (Å²) < 4.78 is 47.7. The average molecular weight is 435 g/mol. The number of rotatable bonds is 5. The number of hydrogen-bond donors (Lipinski definition) is 1. The fourth-order valence-corrected chi connectivity index (χ4v) is 4.64. The van der Waals surface area contributed by atoms with Gasteiger partial charge in [0, 0.05) is 6.54 Å². The maximum atomic E-state index is 13.6. The standard InChI is InChI=1S/C22H27FN2O4S/c1-14(2)12-25-18-11-17(8-9-19(18)29-13-22(4,5)21(25)26)24-30(27,28)20-10-16(23)7-6-15(20)3/h6-11,14,24H,12-13H2,1-5H3. The molecule has 0 saturated heterocycles. The first-order valence-corrected chi connectivity index (χ1v) is 11.3. The number of carbonyl (C=O) groups excluding carboxylic acids is 1. The highest BCUT2D eigenvalue weighted by atomic mass is 32.2. The molecule has 1 aliphatic heterocycles. The first-order chi connectivity index (χ1) is 13.9. The van der Waals surface area contributed by atoms with Crippen molar-refractivity contribution < 1.29 is 22.3 Å². The van der Waals surface area contributed by atoms with E-state index in [2.05, 4.69) is 4.72 Å². The zero-order chi connectivity index (χ0) is 22.3. The van der Waals surface area contributed by atoms with E-state index in [1.54, 1.807) is 30.0 Å². The molecule has 8 heteroatoms. The normalized spacial score (nSPS) is 16.1. The molecule has 0 aromatic heterocycles. The van der Waals surface area contributed by atoms with E-state index in [1.807, 2.05) is 27.7 Å². The average Bonchev–Trinajstić information content (AvgIpc) is 2.73. The highest BCUT2D eigenvalue weighted by Crippen LogP contribution is 2.39. The summed E-state index contributed by atoms with van der Waals surface area (Å²) in [7, 11) is -4.01. The third kappa shape index (κ3) is 4.43. The fourth-order valence-electron chi connectivity index (χ4n) is 3.33. The van der Waals surface area contributed by atoms with Gasteiger partial charge in [0.2, 0.25) is 5.91 Å². The van der Waals surface area contributed by atoms with Gasteiger partial charge in [0.1, 0.15) is 18.2 Å². The van der Waals surface area contributed by atoms with Crippen molar-refractivity contribution in [1.82, 2.24) is 0 Å². The maximum Gasteiger partial charge on any atom is 0.262 e. The van der Waals surface area contributed by atoms with E-state index in [0.29, 0.717) is 23.5 Å². The lowest BCUT2D eigenvalue weighted by Gasteiger charge is -2.29. The second-order valence-corrected chi connectivity index (χ2v) is 10.3. The number of ether oxygens (including phenoxy) is 1. The minimum Gasteiger partial charge on any atom is -0.490 e. The van der Waals surface area contributed by atoms with Crippen molar-refractivity contribution in [2.45, 2.75) is 39.5 Å². The van der Waals surface area contributed by atoms with E-state index in [9.17, 15) is 17.6 Å². The Kier molecular flexibility index (Phi) is 5.82. The van der Waals surface area contributed by atoms with E-state index in [4.69, 9.17) is 4.74 Å². The number of nitrogens with one attached hydrogen (secondary N) is 1. The molecule has 0 aliphatic carbocycles. The van der Waals surface area contributed by atoms with E-state index in [1.165, 1.54) is 12.1 Å². The van der Waals surface area contributed by atoms with Gasteiger partial charge < -0.3 is 9.64 Å². The Hall–Kier alpha value is -2.61. The summed E-state index contributed by atoms with van der Waals surface area (Å²) in [6, 6.07) is 8.42. The number of aryl methyl sites for hydroxylation is 1. The quantitative estimate of drug-likeness (QED) is 0.759. The number of fused-ring (bicyclic) bond motifs is 1. The van der Waals surface area contributed by atoms with Crippen LogP contribution in [0.5, 0.6) is 5.75 Å². The molecule has 0 atom stereocenters. The number of carbonyl (C=O) groups is 1. The van der Waals surface area contributed by atoms with Gasteiger partial charge in [-0.1, -0.05) is 19.9 Å². The molecular formula is C22H27FN2O4S. The Morgan fingerprint density at radius 2 is 1.90 bits per heavy atom. The van der Waals surface area contributed by atoms with E-state index in [0.717, 1.165) is 6.07 Å². The number of hydrogen-bond acceptors (Lipinski definition) is 4. The van der Waals surface area contributed by atoms with Crippen molar-refractivity contribution in [3.05, 3.63) is 47.8 Å². The van der Waals surface area contributed by atoms with Crippen LogP contribution in [0, 0.1) is 24.1 Å². The van der Waals surface area contributed by atoms with Gasteiger partial charge in [-0.3, -0.25) is 9.52 Å². The number of halogens is 1. The van der Waals surface area contributed by atoms with Crippen LogP contribution in [0.1, 0.15) is 33.3 Å². The fraction of sp³-hybridized carbons (Fsp3) is 0.409. The second-order valence-electron chi connectivity index (χ2n) is 8.68. The Balaban J connectivity index is 2.02. The summed E-state index contributed by atoms with van der Waals surface area (Å²) >= 11 is 0. The Labute approximate surface area is 177 Å². The number of nitrogens with zero attached hydrogens (tertiary/aromatic N) is 1. The van der Waals surface area contributed by atoms with E-state index < -0.39 is 21.3 Å². The molecule has 0 radical (unpaired) electrons. The number of sulfonamides is 1. The van der Waals surface area contributed by atoms with Crippen LogP contribution in [-0.2, 0) is 14.8 Å². The van der Waals surface area contributed by atoms with Crippen molar-refractivity contribution in [2.24, 2.45) is 11.3 Å². The second kappa shape index (κ2) is 7.91. The minimum atomic E-state index is -4.01. The summed E-state index contributed by atoms with van der Waals surface area (Å²) in [5.41, 5.74) is 0.491. The van der Waals surface area contributed by atoms with Crippen LogP contribution in [0.3, 0.4) is 0 Å².